The Hall–Kier alpha value is 0.0112. The van der Waals surface area contributed by atoms with Gasteiger partial charge < -0.3 is 20.0 Å². The summed E-state index contributed by atoms with van der Waals surface area (Å²) in [6.07, 6.45) is 3.36. The van der Waals surface area contributed by atoms with Gasteiger partial charge in [-0.25, -0.2) is 5.57 Å². The van der Waals surface area contributed by atoms with Gasteiger partial charge in [0.25, 0.3) is 0 Å². The number of halogens is 2. The molecule has 5 heteroatoms. The minimum absolute atomic E-state index is 0. The number of aryl methyl sites for hydroxylation is 2. The van der Waals surface area contributed by atoms with E-state index in [0.717, 1.165) is 11.1 Å². The predicted molar refractivity (Wildman–Crippen MR) is 115 cm³/mol. The Kier molecular flexibility index (Phi) is 29.1. The summed E-state index contributed by atoms with van der Waals surface area (Å²) in [5.41, 5.74) is 6.45. The van der Waals surface area contributed by atoms with Crippen molar-refractivity contribution in [3.05, 3.63) is 67.0 Å². The first-order valence-electron chi connectivity index (χ1n) is 6.36. The summed E-state index contributed by atoms with van der Waals surface area (Å²) in [6, 6.07) is 5.51. The van der Waals surface area contributed by atoms with E-state index in [2.05, 4.69) is 33.8 Å². The van der Waals surface area contributed by atoms with E-state index in [1.807, 2.05) is 19.9 Å². The van der Waals surface area contributed by atoms with Gasteiger partial charge in [0.05, 0.1) is 0 Å². The smallest absolute Gasteiger partial charge is 0.508 e. The number of phenols is 1. The van der Waals surface area contributed by atoms with Crippen LogP contribution in [0.25, 0.3) is 0 Å². The van der Waals surface area contributed by atoms with Gasteiger partial charge >= 0.3 is 21.7 Å². The first kappa shape index (κ1) is 39.2. The molecule has 0 spiro atoms. The first-order valence-corrected chi connectivity index (χ1v) is 6.36. The Balaban J connectivity index is -0.0000000540. The molecule has 2 radical (unpaired) electrons. The third-order valence-electron chi connectivity index (χ3n) is 3.44. The van der Waals surface area contributed by atoms with Crippen LogP contribution in [-0.4, -0.2) is 16.1 Å². The zero-order chi connectivity index (χ0) is 13.9. The predicted octanol–water partition coefficient (Wildman–Crippen LogP) is 5.29. The van der Waals surface area contributed by atoms with E-state index < -0.39 is 0 Å². The number of phenolic OH excluding ortho intramolecular Hbond substituents is 1. The van der Waals surface area contributed by atoms with Gasteiger partial charge in [0.2, 0.25) is 0 Å². The summed E-state index contributed by atoms with van der Waals surface area (Å²) in [4.78, 5) is 0. The second kappa shape index (κ2) is 17.8. The van der Waals surface area contributed by atoms with Crippen molar-refractivity contribution in [1.82, 2.24) is 0 Å². The van der Waals surface area contributed by atoms with Gasteiger partial charge in [-0.15, -0.1) is 31.7 Å². The molecule has 24 heavy (non-hydrogen) atoms. The number of hydrogen-bond acceptors (Lipinski definition) is 1. The summed E-state index contributed by atoms with van der Waals surface area (Å²) in [5.74, 6) is 0.914. The molecule has 0 bridgehead atoms. The van der Waals surface area contributed by atoms with Crippen LogP contribution in [0.15, 0.2) is 34.9 Å². The average molecular weight is 425 g/mol. The first-order chi connectivity index (χ1) is 8.31. The topological polar surface area (TPSA) is 20.2 Å². The molecule has 0 aliphatic heterocycles. The summed E-state index contributed by atoms with van der Waals surface area (Å²) < 4.78 is 0. The van der Waals surface area contributed by atoms with Crippen LogP contribution in [-0.2, 0) is 21.7 Å². The van der Waals surface area contributed by atoms with Crippen molar-refractivity contribution in [2.24, 2.45) is 5.92 Å². The van der Waals surface area contributed by atoms with Crippen LogP contribution < -0.4 is 0 Å². The van der Waals surface area contributed by atoms with Crippen LogP contribution in [0.2, 0.25) is 0 Å². The maximum Gasteiger partial charge on any atom is 3.00 e. The quantitative estimate of drug-likeness (QED) is 0.443. The monoisotopic (exact) mass is 424 g/mol. The molecule has 0 fully saturated rings. The van der Waals surface area contributed by atoms with E-state index in [4.69, 9.17) is 5.11 Å². The van der Waals surface area contributed by atoms with E-state index in [9.17, 15) is 0 Å². The third-order valence-corrected chi connectivity index (χ3v) is 3.44. The van der Waals surface area contributed by atoms with Crippen molar-refractivity contribution in [2.75, 3.05) is 0 Å². The maximum absolute atomic E-state index is 8.99. The van der Waals surface area contributed by atoms with Crippen molar-refractivity contribution in [1.29, 1.82) is 0 Å². The number of allylic oxidation sites excluding steroid dienone is 4. The van der Waals surface area contributed by atoms with Gasteiger partial charge in [-0.1, -0.05) is 32.8 Å². The Morgan fingerprint density at radius 2 is 1.25 bits per heavy atom. The van der Waals surface area contributed by atoms with Gasteiger partial charge in [-0.2, -0.15) is 11.1 Å². The molecule has 0 heterocycles. The molecule has 0 amide bonds. The zero-order valence-electron chi connectivity index (χ0n) is 16.6. The van der Waals surface area contributed by atoms with E-state index in [0.29, 0.717) is 11.7 Å². The minimum Gasteiger partial charge on any atom is -0.508 e. The van der Waals surface area contributed by atoms with E-state index in [-0.39, 0.29) is 72.4 Å². The second-order valence-corrected chi connectivity index (χ2v) is 5.14. The van der Waals surface area contributed by atoms with Crippen LogP contribution in [0.3, 0.4) is 0 Å². The van der Waals surface area contributed by atoms with Crippen molar-refractivity contribution < 1.29 is 26.8 Å². The fourth-order valence-electron chi connectivity index (χ4n) is 2.11. The van der Waals surface area contributed by atoms with Crippen molar-refractivity contribution in [3.8, 4) is 5.75 Å². The van der Waals surface area contributed by atoms with Gasteiger partial charge in [0, 0.05) is 0 Å². The molecular formula is C19H34Cl2OSiTi. The number of hydrogen-bond donors (Lipinski definition) is 1. The van der Waals surface area contributed by atoms with Crippen LogP contribution in [0.1, 0.15) is 38.8 Å². The molecule has 1 unspecified atom stereocenters. The Bertz CT molecular complexity index is 464. The van der Waals surface area contributed by atoms with Crippen LogP contribution >= 0.6 is 24.8 Å². The molecule has 1 N–H and O–H groups in total. The molecule has 1 aromatic rings. The molecule has 2 rings (SSSR count). The Morgan fingerprint density at radius 1 is 0.875 bits per heavy atom. The third kappa shape index (κ3) is 12.4. The normalized spacial score (nSPS) is 13.8. The molecule has 1 atom stereocenters. The SMILES string of the molecule is CC1=[C-]C(C)C(C)=C1C.Cc1cc(C)cc(O)c1.Cl.Cl.[CH3-].[CH3-].[SiH3].[Ti+3]. The van der Waals surface area contributed by atoms with E-state index in [1.165, 1.54) is 16.7 Å². The molecule has 1 nitrogen and oxygen atoms in total. The number of rotatable bonds is 0. The Labute approximate surface area is 182 Å². The number of benzene rings is 1. The molecule has 138 valence electrons. The molecule has 0 aromatic heterocycles. The van der Waals surface area contributed by atoms with Gasteiger partial charge in [-0.3, -0.25) is 6.08 Å². The van der Waals surface area contributed by atoms with E-state index in [1.54, 1.807) is 12.1 Å². The zero-order valence-corrected chi connectivity index (χ0v) is 21.8. The fraction of sp³-hybridized carbons (Fsp3) is 0.368. The Morgan fingerprint density at radius 3 is 1.42 bits per heavy atom. The van der Waals surface area contributed by atoms with E-state index >= 15 is 0 Å². The van der Waals surface area contributed by atoms with Crippen LogP contribution in [0.5, 0.6) is 5.75 Å². The fourth-order valence-corrected chi connectivity index (χ4v) is 2.11. The van der Waals surface area contributed by atoms with Crippen molar-refractivity contribution in [3.63, 3.8) is 0 Å². The molecule has 0 saturated carbocycles. The number of aromatic hydroxyl groups is 1. The minimum atomic E-state index is 0. The average Bonchev–Trinajstić information content (AvgIpc) is 2.44. The maximum atomic E-state index is 8.99. The molecule has 1 aliphatic rings. The molecule has 0 saturated heterocycles. The van der Waals surface area contributed by atoms with Crippen LogP contribution in [0.4, 0.5) is 0 Å². The largest absolute Gasteiger partial charge is 3.00 e. The van der Waals surface area contributed by atoms with Gasteiger partial charge in [0.15, 0.2) is 0 Å². The van der Waals surface area contributed by atoms with Crippen LogP contribution in [0, 0.1) is 40.7 Å². The molecule has 1 aromatic carbocycles. The summed E-state index contributed by atoms with van der Waals surface area (Å²) in [6.45, 7) is 12.6. The van der Waals surface area contributed by atoms with Crippen molar-refractivity contribution >= 4 is 35.8 Å². The van der Waals surface area contributed by atoms with Gasteiger partial charge in [-0.05, 0) is 48.1 Å². The van der Waals surface area contributed by atoms with Crippen molar-refractivity contribution in [2.45, 2.75) is 41.5 Å². The summed E-state index contributed by atoms with van der Waals surface area (Å²) >= 11 is 0. The molecular weight excluding hydrogens is 391 g/mol. The van der Waals surface area contributed by atoms with Gasteiger partial charge in [0.1, 0.15) is 5.75 Å². The summed E-state index contributed by atoms with van der Waals surface area (Å²) in [7, 11) is 0. The molecule has 1 aliphatic carbocycles. The standard InChI is InChI=1S/C9H13.C8H10O.2CH3.2ClH.H3Si.Ti/c1-6-5-7(2)9(4)8(6)3;1-6-3-7(2)5-8(9)4-6;;;;;;/h6H,1-4H3;3-5,9H,1-2H3;2*1H3;2*1H;1H3;/q-1;;2*-1;;;;+3. The summed E-state index contributed by atoms with van der Waals surface area (Å²) in [5, 5.41) is 8.99. The second-order valence-electron chi connectivity index (χ2n) is 5.14.